The quantitative estimate of drug-likeness (QED) is 0.0491. The number of benzene rings is 1. The van der Waals surface area contributed by atoms with Crippen LogP contribution >= 0.6 is 7.82 Å². The summed E-state index contributed by atoms with van der Waals surface area (Å²) in [5.41, 5.74) is 36.9. The normalized spacial score (nSPS) is 33.5. The topological polar surface area (TPSA) is 469 Å². The summed E-state index contributed by atoms with van der Waals surface area (Å²) in [5.74, 6) is -7.32. The summed E-state index contributed by atoms with van der Waals surface area (Å²) < 4.78 is 31.5. The number of aryl methyl sites for hydroxylation is 2. The maximum atomic E-state index is 14.3. The molecule has 14 N–H and O–H groups in total. The first-order valence-corrected chi connectivity index (χ1v) is 32.0. The smallest absolute Gasteiger partial charge is 0.853 e. The van der Waals surface area contributed by atoms with Gasteiger partial charge in [0.05, 0.1) is 47.3 Å². The van der Waals surface area contributed by atoms with Crippen molar-refractivity contribution in [1.82, 2.24) is 20.2 Å². The van der Waals surface area contributed by atoms with E-state index in [0.29, 0.717) is 56.4 Å². The van der Waals surface area contributed by atoms with E-state index in [1.165, 1.54) is 17.8 Å². The Hall–Kier alpha value is -6.49. The van der Waals surface area contributed by atoms with E-state index in [1.807, 2.05) is 80.5 Å². The number of imidazole rings is 1. The minimum Gasteiger partial charge on any atom is -0.853 e. The molecular weight excluding hydrogens is 1250 g/mol. The zero-order valence-electron chi connectivity index (χ0n) is 54.5. The van der Waals surface area contributed by atoms with Crippen molar-refractivity contribution in [3.8, 4) is 0 Å². The summed E-state index contributed by atoms with van der Waals surface area (Å²) in [7, 11) is -5.39. The number of fused-ring (bicyclic) bond motifs is 7. The molecule has 1 aromatic carbocycles. The fourth-order valence-electron chi connectivity index (χ4n) is 15.4. The zero-order chi connectivity index (χ0) is 66.7. The molecule has 2 fully saturated rings. The van der Waals surface area contributed by atoms with Gasteiger partial charge in [0.1, 0.15) is 6.23 Å². The molecule has 7 amide bonds. The third-order valence-electron chi connectivity index (χ3n) is 20.5. The number of phosphoric acid groups is 1. The Morgan fingerprint density at radius 3 is 1.97 bits per heavy atom. The minimum atomic E-state index is -5.39. The van der Waals surface area contributed by atoms with Gasteiger partial charge in [-0.15, -0.1) is 6.61 Å². The molecule has 8 rings (SSSR count). The van der Waals surface area contributed by atoms with Crippen molar-refractivity contribution in [2.45, 2.75) is 189 Å². The van der Waals surface area contributed by atoms with Crippen LogP contribution < -0.4 is 60.1 Å². The number of carbonyl (C=O) groups excluding carboxylic acids is 7. The van der Waals surface area contributed by atoms with Crippen LogP contribution in [-0.4, -0.2) is 117 Å². The molecule has 0 saturated carbocycles. The van der Waals surface area contributed by atoms with E-state index in [4.69, 9.17) is 63.2 Å². The third-order valence-corrected chi connectivity index (χ3v) is 21.7. The van der Waals surface area contributed by atoms with Crippen LogP contribution in [0.5, 0.6) is 0 Å². The standard InChI is InChI=1S/C62H88N13O14P.CH3.Co/c1-29-20-39-40(21-30(29)2)75(28-70-39)57-52(84)53(41(27-76)87-57)89-90(85,86)88-31(3)26-69-49(83)18-19-59(8)37(22-46(66)80)56-62(11)61(10,25-48(68)82)36(14-17-45(65)79)51(74-62)33(5)55-60(9,24-47(67)81)34(12-15-43(63)77)38(71-55)23-42-58(6,7)35(13-16-44(64)78)50(72-42)32(4)54(59)73-56;;/h20-21,23,28,31,34-37,41,52-53,56-57,71H,12-19,22,24-27H2,1-11H3,(H2,63,77)(H2,64,78)(H2,65,79)(H2,66,80)(H2,67,81)(H2,68,82)(H,69,83)(H,85,86);1H3;/q-2;-1;+3/p-1/b38-23-,50-32-,55-33-;;/t31-,34-,35-,36-,37+,41-,52-,53-,56-,57+,59-,60+,61+,62+;;/m1../s1. The number of nitrogens with one attached hydrogen (secondary N) is 2. The van der Waals surface area contributed by atoms with E-state index in [-0.39, 0.29) is 101 Å². The molecule has 6 aliphatic heterocycles. The fourth-order valence-corrected chi connectivity index (χ4v) is 16.5. The number of rotatable bonds is 26. The van der Waals surface area contributed by atoms with Gasteiger partial charge >= 0.3 is 16.8 Å². The predicted octanol–water partition coefficient (Wildman–Crippen LogP) is 1.72. The molecule has 2 saturated heterocycles. The summed E-state index contributed by atoms with van der Waals surface area (Å²) >= 11 is 0. The van der Waals surface area contributed by atoms with Crippen molar-refractivity contribution in [1.29, 1.82) is 0 Å². The van der Waals surface area contributed by atoms with Crippen LogP contribution in [0.25, 0.3) is 11.0 Å². The number of primary amides is 6. The van der Waals surface area contributed by atoms with Gasteiger partial charge in [0.25, 0.3) is 7.82 Å². The number of amides is 7. The van der Waals surface area contributed by atoms with Gasteiger partial charge in [0, 0.05) is 131 Å². The number of nitrogens with zero attached hydrogens (tertiary/aromatic N) is 5. The van der Waals surface area contributed by atoms with Gasteiger partial charge in [-0.05, 0) is 114 Å². The van der Waals surface area contributed by atoms with Crippen molar-refractivity contribution >= 4 is 77.3 Å². The summed E-state index contributed by atoms with van der Waals surface area (Å²) in [5, 5.41) is 32.6. The molecule has 0 spiro atoms. The predicted molar refractivity (Wildman–Crippen MR) is 333 cm³/mol. The Balaban J connectivity index is 0.00000672. The molecule has 1 unspecified atom stereocenters. The average Bonchev–Trinajstić information content (AvgIpc) is 1.53. The number of phosphoric ester groups is 1. The third kappa shape index (κ3) is 14.1. The van der Waals surface area contributed by atoms with Gasteiger partial charge in [-0.3, -0.25) is 53.1 Å². The molecule has 0 aliphatic carbocycles. The summed E-state index contributed by atoms with van der Waals surface area (Å²) in [4.78, 5) is 128. The van der Waals surface area contributed by atoms with E-state index in [9.17, 15) is 53.2 Å². The van der Waals surface area contributed by atoms with Gasteiger partial charge in [0.15, 0.2) is 0 Å². The van der Waals surface area contributed by atoms with E-state index >= 15 is 0 Å². The van der Waals surface area contributed by atoms with Crippen LogP contribution in [0.4, 0.5) is 0 Å². The first kappa shape index (κ1) is 74.5. The Kier molecular flexibility index (Phi) is 22.6. The number of aromatic nitrogens is 2. The number of ether oxygens (including phenoxy) is 1. The number of carbonyl (C=O) groups is 7. The number of aliphatic imine (C=N–C) groups is 3. The summed E-state index contributed by atoms with van der Waals surface area (Å²) in [6.45, 7) is 18.7. The first-order chi connectivity index (χ1) is 41.8. The molecule has 0 radical (unpaired) electrons. The Bertz CT molecular complexity index is 3540. The molecule has 2 aromatic rings. The Labute approximate surface area is 547 Å². The van der Waals surface area contributed by atoms with Gasteiger partial charge in [0.2, 0.25) is 41.4 Å². The van der Waals surface area contributed by atoms with E-state index < -0.39 is 143 Å². The molecule has 29 heteroatoms. The first-order valence-electron chi connectivity index (χ1n) is 30.5. The van der Waals surface area contributed by atoms with Crippen LogP contribution in [0.2, 0.25) is 0 Å². The largest absolute Gasteiger partial charge is 3.00 e. The number of hydrogen-bond donors (Lipinski definition) is 8. The van der Waals surface area contributed by atoms with Gasteiger partial charge in [-0.1, -0.05) is 34.6 Å². The second-order valence-corrected chi connectivity index (χ2v) is 28.3. The van der Waals surface area contributed by atoms with Crippen molar-refractivity contribution in [3.63, 3.8) is 0 Å². The SMILES string of the molecule is C/C1=C2N=C(/C=C3\N/C(=C(/C)C4=N[C@@](C)([C@@H]5N=C1[C@](C)(CCC(=O)NC[C@@H](C)OP(=O)([O-])O[C@H]1[C@@H]([O-])[C@@H](n6cnc7cc(C)c(C)cc76)O[C@@H]1C[O-])[C@H]5CC(N)=O)[C@@](C)(CC(N)=O)[C@@H]4CCC(N)=O)[C@@](C)(CC(N)=O)[C@@H]3CCC(N)=O)C(C)(C)[C@@H]/2CCC(N)=O.[CH3-].[Co+3]. The molecule has 7 heterocycles. The van der Waals surface area contributed by atoms with Gasteiger partial charge in [-0.25, -0.2) is 4.98 Å². The monoisotopic (exact) mass is 1340 g/mol. The Morgan fingerprint density at radius 1 is 0.804 bits per heavy atom. The minimum absolute atomic E-state index is 0. The molecule has 8 bridgehead atoms. The number of allylic oxidation sites excluding steroid dienone is 6. The van der Waals surface area contributed by atoms with E-state index in [1.54, 1.807) is 6.92 Å². The molecule has 6 aliphatic rings. The van der Waals surface area contributed by atoms with E-state index in [2.05, 4.69) is 15.6 Å². The zero-order valence-corrected chi connectivity index (χ0v) is 56.4. The number of nitrogens with two attached hydrogens (primary N) is 6. The number of hydrogen-bond acceptors (Lipinski definition) is 19. The second-order valence-electron chi connectivity index (χ2n) is 27.0. The van der Waals surface area contributed by atoms with Crippen molar-refractivity contribution in [2.24, 2.45) is 94.7 Å². The molecule has 92 heavy (non-hydrogen) atoms. The summed E-state index contributed by atoms with van der Waals surface area (Å²) in [6.07, 6.45) is -5.54. The molecule has 15 atom stereocenters. The Morgan fingerprint density at radius 2 is 1.39 bits per heavy atom. The van der Waals surface area contributed by atoms with E-state index in [0.717, 1.165) is 11.1 Å². The maximum Gasteiger partial charge on any atom is 3.00 e. The van der Waals surface area contributed by atoms with Gasteiger partial charge < -0.3 is 85.9 Å². The van der Waals surface area contributed by atoms with Gasteiger partial charge in [-0.2, -0.15) is 0 Å². The molecular formula is C63H90CoN13O14P-. The van der Waals surface area contributed by atoms with Crippen molar-refractivity contribution in [3.05, 3.63) is 71.3 Å². The van der Waals surface area contributed by atoms with Crippen LogP contribution in [-0.2, 0) is 68.7 Å². The van der Waals surface area contributed by atoms with Crippen molar-refractivity contribution in [2.75, 3.05) is 13.2 Å². The fraction of sp³-hybridized carbons (Fsp3) is 0.619. The summed E-state index contributed by atoms with van der Waals surface area (Å²) in [6, 6.07) is 2.58. The molecule has 27 nitrogen and oxygen atoms in total. The van der Waals surface area contributed by atoms with Crippen molar-refractivity contribution < 1.29 is 83.8 Å². The average molecular weight is 1340 g/mol. The van der Waals surface area contributed by atoms with Crippen LogP contribution in [0, 0.1) is 66.6 Å². The molecule has 1 aromatic heterocycles. The van der Waals surface area contributed by atoms with Crippen LogP contribution in [0.15, 0.2) is 67.8 Å². The second kappa shape index (κ2) is 27.8. The maximum absolute atomic E-state index is 14.3. The van der Waals surface area contributed by atoms with Crippen LogP contribution in [0.1, 0.15) is 150 Å². The van der Waals surface area contributed by atoms with Crippen LogP contribution in [0.3, 0.4) is 0 Å². The molecule has 506 valence electrons.